The van der Waals surface area contributed by atoms with Crippen LogP contribution in [0.25, 0.3) is 0 Å². The lowest BCUT2D eigenvalue weighted by atomic mass is 10.00. The van der Waals surface area contributed by atoms with Crippen LogP contribution in [0.3, 0.4) is 0 Å². The number of rotatable bonds is 4. The van der Waals surface area contributed by atoms with E-state index in [1.807, 2.05) is 6.92 Å². The number of carbonyl (C=O) groups excluding carboxylic acids is 1. The Morgan fingerprint density at radius 3 is 2.70 bits per heavy atom. The molecule has 0 aliphatic carbocycles. The van der Waals surface area contributed by atoms with Crippen LogP contribution in [0.4, 0.5) is 0 Å². The third kappa shape index (κ3) is 2.65. The van der Waals surface area contributed by atoms with Gasteiger partial charge in [-0.25, -0.2) is 0 Å². The van der Waals surface area contributed by atoms with Crippen LogP contribution in [0.1, 0.15) is 26.2 Å². The predicted octanol–water partition coefficient (Wildman–Crippen LogP) is 0.740. The standard InChI is InChI=1S/C8H12O2/c1-3-5-6-8(10,4-2)7-9/h2,7,10H,3,5-6H2,1H3. The van der Waals surface area contributed by atoms with Crippen LogP contribution < -0.4 is 0 Å². The van der Waals surface area contributed by atoms with Crippen molar-refractivity contribution < 1.29 is 9.90 Å². The first-order chi connectivity index (χ1) is 4.68. The number of aliphatic hydroxyl groups is 1. The molecule has 0 saturated carbocycles. The maximum Gasteiger partial charge on any atom is 0.180 e. The van der Waals surface area contributed by atoms with E-state index in [9.17, 15) is 4.79 Å². The fraction of sp³-hybridized carbons (Fsp3) is 0.625. The van der Waals surface area contributed by atoms with Crippen molar-refractivity contribution in [1.29, 1.82) is 0 Å². The van der Waals surface area contributed by atoms with E-state index in [0.29, 0.717) is 12.7 Å². The largest absolute Gasteiger partial charge is 0.371 e. The van der Waals surface area contributed by atoms with Crippen molar-refractivity contribution in [2.45, 2.75) is 31.8 Å². The molecule has 0 aromatic rings. The average molecular weight is 140 g/mol. The molecule has 0 aromatic carbocycles. The van der Waals surface area contributed by atoms with Gasteiger partial charge in [0.1, 0.15) is 0 Å². The molecule has 1 N–H and O–H groups in total. The first-order valence-electron chi connectivity index (χ1n) is 3.35. The Morgan fingerprint density at radius 2 is 2.40 bits per heavy atom. The van der Waals surface area contributed by atoms with Gasteiger partial charge in [-0.2, -0.15) is 0 Å². The molecular weight excluding hydrogens is 128 g/mol. The molecule has 0 aromatic heterocycles. The number of unbranched alkanes of at least 4 members (excludes halogenated alkanes) is 1. The van der Waals surface area contributed by atoms with Crippen LogP contribution in [-0.4, -0.2) is 17.0 Å². The highest BCUT2D eigenvalue weighted by Gasteiger charge is 2.21. The summed E-state index contributed by atoms with van der Waals surface area (Å²) in [4.78, 5) is 10.2. The number of carbonyl (C=O) groups is 1. The zero-order chi connectivity index (χ0) is 8.04. The fourth-order valence-electron chi connectivity index (χ4n) is 0.611. The summed E-state index contributed by atoms with van der Waals surface area (Å²) in [5.74, 6) is 2.05. The third-order valence-corrected chi connectivity index (χ3v) is 1.36. The zero-order valence-electron chi connectivity index (χ0n) is 6.13. The van der Waals surface area contributed by atoms with E-state index in [2.05, 4.69) is 5.92 Å². The second kappa shape index (κ2) is 4.08. The van der Waals surface area contributed by atoms with Crippen LogP contribution in [0, 0.1) is 12.3 Å². The molecule has 1 unspecified atom stereocenters. The van der Waals surface area contributed by atoms with Crippen LogP contribution in [0.15, 0.2) is 0 Å². The van der Waals surface area contributed by atoms with Gasteiger partial charge in [0.25, 0.3) is 0 Å². The minimum Gasteiger partial charge on any atom is -0.371 e. The van der Waals surface area contributed by atoms with Gasteiger partial charge in [-0.1, -0.05) is 19.3 Å². The summed E-state index contributed by atoms with van der Waals surface area (Å²) in [7, 11) is 0. The molecule has 56 valence electrons. The van der Waals surface area contributed by atoms with E-state index in [0.717, 1.165) is 12.8 Å². The summed E-state index contributed by atoms with van der Waals surface area (Å²) in [5.41, 5.74) is -1.52. The Labute approximate surface area is 61.2 Å². The van der Waals surface area contributed by atoms with E-state index in [-0.39, 0.29) is 0 Å². The lowest BCUT2D eigenvalue weighted by Crippen LogP contribution is -2.27. The van der Waals surface area contributed by atoms with Gasteiger partial charge < -0.3 is 5.11 Å². The Hall–Kier alpha value is -0.810. The highest BCUT2D eigenvalue weighted by atomic mass is 16.3. The molecule has 0 aliphatic heterocycles. The Morgan fingerprint density at radius 1 is 1.80 bits per heavy atom. The number of hydrogen-bond acceptors (Lipinski definition) is 2. The molecule has 10 heavy (non-hydrogen) atoms. The lowest BCUT2D eigenvalue weighted by molar-refractivity contribution is -0.119. The van der Waals surface area contributed by atoms with E-state index >= 15 is 0 Å². The van der Waals surface area contributed by atoms with Gasteiger partial charge >= 0.3 is 0 Å². The summed E-state index contributed by atoms with van der Waals surface area (Å²) in [5, 5.41) is 9.16. The van der Waals surface area contributed by atoms with Gasteiger partial charge in [0.05, 0.1) is 0 Å². The second-order valence-corrected chi connectivity index (χ2v) is 2.29. The average Bonchev–Trinajstić information content (AvgIpc) is 2.00. The first kappa shape index (κ1) is 9.19. The van der Waals surface area contributed by atoms with Crippen molar-refractivity contribution in [3.63, 3.8) is 0 Å². The minimum absolute atomic E-state index is 0.365. The maximum absolute atomic E-state index is 10.2. The van der Waals surface area contributed by atoms with Crippen molar-refractivity contribution in [3.8, 4) is 12.3 Å². The molecule has 0 heterocycles. The molecule has 0 spiro atoms. The molecule has 0 fully saturated rings. The molecule has 0 bridgehead atoms. The Kier molecular flexibility index (Phi) is 3.75. The molecule has 0 rings (SSSR count). The van der Waals surface area contributed by atoms with E-state index in [1.54, 1.807) is 0 Å². The van der Waals surface area contributed by atoms with Gasteiger partial charge in [0.2, 0.25) is 0 Å². The smallest absolute Gasteiger partial charge is 0.180 e. The third-order valence-electron chi connectivity index (χ3n) is 1.36. The SMILES string of the molecule is C#CC(O)(C=O)CCCC. The monoisotopic (exact) mass is 140 g/mol. The zero-order valence-corrected chi connectivity index (χ0v) is 6.13. The maximum atomic E-state index is 10.2. The summed E-state index contributed by atoms with van der Waals surface area (Å²) in [6.45, 7) is 1.97. The number of aldehydes is 1. The van der Waals surface area contributed by atoms with Crippen molar-refractivity contribution in [2.75, 3.05) is 0 Å². The summed E-state index contributed by atoms with van der Waals surface area (Å²) in [6.07, 6.45) is 7.42. The molecule has 1 atom stereocenters. The van der Waals surface area contributed by atoms with Crippen molar-refractivity contribution in [3.05, 3.63) is 0 Å². The quantitative estimate of drug-likeness (QED) is 0.462. The van der Waals surface area contributed by atoms with Gasteiger partial charge in [-0.3, -0.25) is 4.79 Å². The van der Waals surface area contributed by atoms with E-state index < -0.39 is 5.60 Å². The van der Waals surface area contributed by atoms with E-state index in [4.69, 9.17) is 11.5 Å². The van der Waals surface area contributed by atoms with Gasteiger partial charge in [-0.15, -0.1) is 6.42 Å². The van der Waals surface area contributed by atoms with Crippen LogP contribution >= 0.6 is 0 Å². The first-order valence-corrected chi connectivity index (χ1v) is 3.35. The number of hydrogen-bond donors (Lipinski definition) is 1. The predicted molar refractivity (Wildman–Crippen MR) is 39.4 cm³/mol. The number of terminal acetylenes is 1. The second-order valence-electron chi connectivity index (χ2n) is 2.29. The van der Waals surface area contributed by atoms with Crippen molar-refractivity contribution in [1.82, 2.24) is 0 Å². The topological polar surface area (TPSA) is 37.3 Å². The molecule has 2 nitrogen and oxygen atoms in total. The highest BCUT2D eigenvalue weighted by molar-refractivity contribution is 5.67. The minimum atomic E-state index is -1.52. The summed E-state index contributed by atoms with van der Waals surface area (Å²) < 4.78 is 0. The van der Waals surface area contributed by atoms with Gasteiger partial charge in [0, 0.05) is 0 Å². The summed E-state index contributed by atoms with van der Waals surface area (Å²) >= 11 is 0. The molecule has 0 radical (unpaired) electrons. The van der Waals surface area contributed by atoms with Gasteiger partial charge in [-0.05, 0) is 12.8 Å². The lowest BCUT2D eigenvalue weighted by Gasteiger charge is -2.12. The molecule has 0 amide bonds. The Balaban J connectivity index is 3.84. The Bertz CT molecular complexity index is 146. The molecular formula is C8H12O2. The van der Waals surface area contributed by atoms with Crippen molar-refractivity contribution in [2.24, 2.45) is 0 Å². The van der Waals surface area contributed by atoms with Crippen LogP contribution in [-0.2, 0) is 4.79 Å². The van der Waals surface area contributed by atoms with E-state index in [1.165, 1.54) is 0 Å². The normalized spacial score (nSPS) is 15.3. The fourth-order valence-corrected chi connectivity index (χ4v) is 0.611. The molecule has 0 saturated heterocycles. The molecule has 2 heteroatoms. The van der Waals surface area contributed by atoms with Gasteiger partial charge in [0.15, 0.2) is 11.9 Å². The highest BCUT2D eigenvalue weighted by Crippen LogP contribution is 2.09. The van der Waals surface area contributed by atoms with Crippen LogP contribution in [0.5, 0.6) is 0 Å². The van der Waals surface area contributed by atoms with Crippen LogP contribution in [0.2, 0.25) is 0 Å². The molecule has 0 aliphatic rings. The summed E-state index contributed by atoms with van der Waals surface area (Å²) in [6, 6.07) is 0. The van der Waals surface area contributed by atoms with Crippen molar-refractivity contribution >= 4 is 6.29 Å².